The highest BCUT2D eigenvalue weighted by molar-refractivity contribution is 5.78. The summed E-state index contributed by atoms with van der Waals surface area (Å²) in [7, 11) is 0. The number of nitrogens with zero attached hydrogens (tertiary/aromatic N) is 1. The summed E-state index contributed by atoms with van der Waals surface area (Å²) in [6, 6.07) is 0.821. The topological polar surface area (TPSA) is 106 Å². The first-order valence-electron chi connectivity index (χ1n) is 9.15. The number of carboxylic acid groups (broad SMARTS) is 1. The molecule has 1 heterocycles. The zero-order valence-electron chi connectivity index (χ0n) is 16.9. The van der Waals surface area contributed by atoms with Gasteiger partial charge in [0.05, 0.1) is 6.61 Å². The van der Waals surface area contributed by atoms with E-state index in [4.69, 9.17) is 10.5 Å². The number of hydrogen-bond donors (Lipinski definition) is 3. The molecule has 4 N–H and O–H groups in total. The number of ether oxygens (including phenoxy) is 1. The van der Waals surface area contributed by atoms with Gasteiger partial charge in [-0.05, 0) is 31.1 Å². The van der Waals surface area contributed by atoms with Gasteiger partial charge in [-0.1, -0.05) is 34.6 Å². The lowest BCUT2D eigenvalue weighted by Crippen LogP contribution is -2.56. The van der Waals surface area contributed by atoms with E-state index in [1.165, 1.54) is 0 Å². The second-order valence-electron chi connectivity index (χ2n) is 8.74. The molecule has 1 aromatic rings. The van der Waals surface area contributed by atoms with E-state index in [-0.39, 0.29) is 17.8 Å². The third-order valence-corrected chi connectivity index (χ3v) is 4.38. The second kappa shape index (κ2) is 8.82. The lowest BCUT2D eigenvalue weighted by Gasteiger charge is -2.30. The fraction of sp³-hybridized carbons (Fsp3) is 0.700. The number of carboxylic acids is 1. The van der Waals surface area contributed by atoms with Crippen molar-refractivity contribution in [3.63, 3.8) is 0 Å². The van der Waals surface area contributed by atoms with Gasteiger partial charge in [-0.3, -0.25) is 4.98 Å². The number of hydrogen-bond acceptors (Lipinski definition) is 5. The van der Waals surface area contributed by atoms with Crippen LogP contribution in [0.3, 0.4) is 0 Å². The molecule has 0 fully saturated rings. The molecule has 0 saturated carbocycles. The molecule has 0 aliphatic carbocycles. The minimum Gasteiger partial charge on any atom is -0.493 e. The van der Waals surface area contributed by atoms with Crippen LogP contribution in [0, 0.1) is 18.3 Å². The number of nitrogens with two attached hydrogens (primary N) is 1. The van der Waals surface area contributed by atoms with Crippen LogP contribution in [-0.2, 0) is 11.2 Å². The van der Waals surface area contributed by atoms with Crippen LogP contribution in [-0.4, -0.2) is 39.4 Å². The van der Waals surface area contributed by atoms with Crippen molar-refractivity contribution in [2.24, 2.45) is 17.1 Å². The minimum atomic E-state index is -2.06. The third-order valence-electron chi connectivity index (χ3n) is 4.38. The SMILES string of the molecule is Cc1cnc(C[C@](O)(C(=O)O)[C@@H](N)CC(C)C)cc1OCCC(C)(C)C. The predicted octanol–water partition coefficient (Wildman–Crippen LogP) is 2.94. The van der Waals surface area contributed by atoms with E-state index in [9.17, 15) is 15.0 Å². The van der Waals surface area contributed by atoms with Gasteiger partial charge in [-0.15, -0.1) is 0 Å². The summed E-state index contributed by atoms with van der Waals surface area (Å²) in [5.74, 6) is -0.495. The van der Waals surface area contributed by atoms with Gasteiger partial charge in [0, 0.05) is 36.0 Å². The number of pyridine rings is 1. The average Bonchev–Trinajstić information content (AvgIpc) is 2.48. The van der Waals surface area contributed by atoms with Crippen LogP contribution < -0.4 is 10.5 Å². The van der Waals surface area contributed by atoms with Crippen molar-refractivity contribution in [3.8, 4) is 5.75 Å². The summed E-state index contributed by atoms with van der Waals surface area (Å²) in [6.07, 6.45) is 2.77. The van der Waals surface area contributed by atoms with Crippen LogP contribution >= 0.6 is 0 Å². The predicted molar refractivity (Wildman–Crippen MR) is 102 cm³/mol. The van der Waals surface area contributed by atoms with Gasteiger partial charge in [-0.25, -0.2) is 4.79 Å². The Bertz CT molecular complexity index is 610. The molecule has 6 nitrogen and oxygen atoms in total. The number of aryl methyl sites for hydroxylation is 1. The largest absolute Gasteiger partial charge is 0.493 e. The number of aromatic nitrogens is 1. The first-order valence-corrected chi connectivity index (χ1v) is 9.15. The maximum Gasteiger partial charge on any atom is 0.337 e. The van der Waals surface area contributed by atoms with Gasteiger partial charge < -0.3 is 20.7 Å². The molecular formula is C20H34N2O4. The van der Waals surface area contributed by atoms with Crippen LogP contribution in [0.1, 0.15) is 58.7 Å². The van der Waals surface area contributed by atoms with Crippen molar-refractivity contribution in [2.75, 3.05) is 6.61 Å². The van der Waals surface area contributed by atoms with Crippen LogP contribution in [0.25, 0.3) is 0 Å². The summed E-state index contributed by atoms with van der Waals surface area (Å²) >= 11 is 0. The lowest BCUT2D eigenvalue weighted by atomic mass is 9.84. The van der Waals surface area contributed by atoms with Crippen molar-refractivity contribution in [3.05, 3.63) is 23.5 Å². The van der Waals surface area contributed by atoms with Gasteiger partial charge in [0.15, 0.2) is 5.60 Å². The van der Waals surface area contributed by atoms with Crippen molar-refractivity contribution < 1.29 is 19.7 Å². The van der Waals surface area contributed by atoms with Crippen molar-refractivity contribution in [1.82, 2.24) is 4.98 Å². The molecule has 2 atom stereocenters. The zero-order chi connectivity index (χ0) is 20.1. The maximum atomic E-state index is 11.7. The number of carbonyl (C=O) groups is 1. The molecule has 0 saturated heterocycles. The van der Waals surface area contributed by atoms with Crippen LogP contribution in [0.2, 0.25) is 0 Å². The van der Waals surface area contributed by atoms with Crippen LogP contribution in [0.4, 0.5) is 0 Å². The molecule has 0 unspecified atom stereocenters. The second-order valence-corrected chi connectivity index (χ2v) is 8.74. The van der Waals surface area contributed by atoms with Crippen molar-refractivity contribution in [1.29, 1.82) is 0 Å². The summed E-state index contributed by atoms with van der Waals surface area (Å²) in [4.78, 5) is 16.0. The average molecular weight is 367 g/mol. The molecule has 1 aromatic heterocycles. The van der Waals surface area contributed by atoms with E-state index in [1.807, 2.05) is 20.8 Å². The third kappa shape index (κ3) is 6.57. The van der Waals surface area contributed by atoms with E-state index in [0.717, 1.165) is 12.0 Å². The first-order chi connectivity index (χ1) is 11.8. The highest BCUT2D eigenvalue weighted by Crippen LogP contribution is 2.26. The highest BCUT2D eigenvalue weighted by Gasteiger charge is 2.43. The molecule has 0 radical (unpaired) electrons. The maximum absolute atomic E-state index is 11.7. The molecule has 0 aliphatic heterocycles. The van der Waals surface area contributed by atoms with E-state index in [2.05, 4.69) is 25.8 Å². The number of aliphatic carboxylic acids is 1. The summed E-state index contributed by atoms with van der Waals surface area (Å²) < 4.78 is 5.85. The smallest absolute Gasteiger partial charge is 0.337 e. The van der Waals surface area contributed by atoms with E-state index in [1.54, 1.807) is 12.3 Å². The highest BCUT2D eigenvalue weighted by atomic mass is 16.5. The van der Waals surface area contributed by atoms with Gasteiger partial charge in [0.1, 0.15) is 5.75 Å². The lowest BCUT2D eigenvalue weighted by molar-refractivity contribution is -0.161. The fourth-order valence-corrected chi connectivity index (χ4v) is 2.61. The Labute approximate surface area is 156 Å². The minimum absolute atomic E-state index is 0.161. The Balaban J connectivity index is 2.96. The molecule has 1 rings (SSSR count). The monoisotopic (exact) mass is 366 g/mol. The Morgan fingerprint density at radius 2 is 1.96 bits per heavy atom. The summed E-state index contributed by atoms with van der Waals surface area (Å²) in [6.45, 7) is 12.8. The van der Waals surface area contributed by atoms with Crippen molar-refractivity contribution in [2.45, 2.75) is 72.4 Å². The van der Waals surface area contributed by atoms with Crippen LogP contribution in [0.15, 0.2) is 12.3 Å². The molecule has 0 bridgehead atoms. The van der Waals surface area contributed by atoms with E-state index < -0.39 is 17.6 Å². The van der Waals surface area contributed by atoms with Crippen LogP contribution in [0.5, 0.6) is 5.75 Å². The standard InChI is InChI=1S/C20H34N2O4/c1-13(2)9-17(21)20(25,18(23)24)11-15-10-16(14(3)12-22-15)26-8-7-19(4,5)6/h10,12-13,17,25H,7-9,11,21H2,1-6H3,(H,23,24)/t17-,20+/m0/s1. The first kappa shape index (κ1) is 22.4. The zero-order valence-corrected chi connectivity index (χ0v) is 16.9. The quantitative estimate of drug-likeness (QED) is 0.620. The van der Waals surface area contributed by atoms with Crippen molar-refractivity contribution >= 4 is 5.97 Å². The molecular weight excluding hydrogens is 332 g/mol. The fourth-order valence-electron chi connectivity index (χ4n) is 2.61. The Hall–Kier alpha value is -1.66. The Morgan fingerprint density at radius 1 is 1.35 bits per heavy atom. The summed E-state index contributed by atoms with van der Waals surface area (Å²) in [5.41, 5.74) is 5.43. The molecule has 26 heavy (non-hydrogen) atoms. The number of rotatable bonds is 9. The molecule has 0 aliphatic rings. The number of aliphatic hydroxyl groups is 1. The molecule has 0 spiro atoms. The normalized spacial score (nSPS) is 15.6. The Kier molecular flexibility index (Phi) is 7.59. The molecule has 6 heteroatoms. The summed E-state index contributed by atoms with van der Waals surface area (Å²) in [5, 5.41) is 20.2. The van der Waals surface area contributed by atoms with Gasteiger partial charge in [0.25, 0.3) is 0 Å². The van der Waals surface area contributed by atoms with Gasteiger partial charge in [0.2, 0.25) is 0 Å². The Morgan fingerprint density at radius 3 is 2.46 bits per heavy atom. The molecule has 0 aromatic carbocycles. The van der Waals surface area contributed by atoms with E-state index in [0.29, 0.717) is 24.5 Å². The molecule has 148 valence electrons. The van der Waals surface area contributed by atoms with Gasteiger partial charge in [-0.2, -0.15) is 0 Å². The van der Waals surface area contributed by atoms with Gasteiger partial charge >= 0.3 is 5.97 Å². The van der Waals surface area contributed by atoms with E-state index >= 15 is 0 Å². The molecule has 0 amide bonds.